The van der Waals surface area contributed by atoms with Crippen LogP contribution in [0.2, 0.25) is 0 Å². The number of fused-ring (bicyclic) bond motifs is 1. The molecule has 0 bridgehead atoms. The SMILES string of the molecule is CC(C)N1CCN(C(=O)C2CNc3ccccc3N2)CC1. The van der Waals surface area contributed by atoms with Gasteiger partial charge in [0.05, 0.1) is 11.4 Å². The summed E-state index contributed by atoms with van der Waals surface area (Å²) in [5.74, 6) is 0.209. The minimum Gasteiger partial charge on any atom is -0.381 e. The monoisotopic (exact) mass is 288 g/mol. The van der Waals surface area contributed by atoms with Crippen LogP contribution in [0.3, 0.4) is 0 Å². The van der Waals surface area contributed by atoms with E-state index in [0.29, 0.717) is 12.6 Å². The molecule has 0 spiro atoms. The standard InChI is InChI=1S/C16H24N4O/c1-12(2)19-7-9-20(10-8-19)16(21)15-11-17-13-5-3-4-6-14(13)18-15/h3-6,12,15,17-18H,7-11H2,1-2H3. The van der Waals surface area contributed by atoms with Crippen LogP contribution in [0.1, 0.15) is 13.8 Å². The number of benzene rings is 1. The van der Waals surface area contributed by atoms with E-state index in [4.69, 9.17) is 0 Å². The third-order valence-corrected chi connectivity index (χ3v) is 4.41. The molecule has 0 radical (unpaired) electrons. The highest BCUT2D eigenvalue weighted by molar-refractivity contribution is 5.88. The van der Waals surface area contributed by atoms with Gasteiger partial charge in [0, 0.05) is 38.8 Å². The van der Waals surface area contributed by atoms with Crippen LogP contribution in [0.25, 0.3) is 0 Å². The molecule has 1 atom stereocenters. The average Bonchev–Trinajstić information content (AvgIpc) is 2.54. The molecule has 1 fully saturated rings. The van der Waals surface area contributed by atoms with Crippen LogP contribution in [0, 0.1) is 0 Å². The van der Waals surface area contributed by atoms with E-state index in [2.05, 4.69) is 29.4 Å². The van der Waals surface area contributed by atoms with Gasteiger partial charge in [-0.3, -0.25) is 9.69 Å². The number of carbonyl (C=O) groups excluding carboxylic acids is 1. The first-order chi connectivity index (χ1) is 10.1. The van der Waals surface area contributed by atoms with Crippen molar-refractivity contribution >= 4 is 17.3 Å². The van der Waals surface area contributed by atoms with Crippen LogP contribution >= 0.6 is 0 Å². The van der Waals surface area contributed by atoms with Crippen molar-refractivity contribution in [3.05, 3.63) is 24.3 Å². The highest BCUT2D eigenvalue weighted by Crippen LogP contribution is 2.25. The van der Waals surface area contributed by atoms with Gasteiger partial charge in [0.15, 0.2) is 0 Å². The Balaban J connectivity index is 1.60. The third kappa shape index (κ3) is 2.97. The molecule has 5 heteroatoms. The summed E-state index contributed by atoms with van der Waals surface area (Å²) in [5, 5.41) is 6.70. The summed E-state index contributed by atoms with van der Waals surface area (Å²) >= 11 is 0. The maximum Gasteiger partial charge on any atom is 0.246 e. The molecular formula is C16H24N4O. The Morgan fingerprint density at radius 1 is 1.14 bits per heavy atom. The largest absolute Gasteiger partial charge is 0.381 e. The number of amides is 1. The molecule has 114 valence electrons. The predicted molar refractivity (Wildman–Crippen MR) is 85.6 cm³/mol. The molecule has 0 aromatic heterocycles. The lowest BCUT2D eigenvalue weighted by Crippen LogP contribution is -2.55. The number of anilines is 2. The van der Waals surface area contributed by atoms with Crippen molar-refractivity contribution in [3.8, 4) is 0 Å². The molecule has 0 aliphatic carbocycles. The molecular weight excluding hydrogens is 264 g/mol. The van der Waals surface area contributed by atoms with Gasteiger partial charge in [-0.25, -0.2) is 0 Å². The van der Waals surface area contributed by atoms with Crippen molar-refractivity contribution in [2.24, 2.45) is 0 Å². The van der Waals surface area contributed by atoms with Crippen LogP contribution < -0.4 is 10.6 Å². The second-order valence-electron chi connectivity index (χ2n) is 6.08. The van der Waals surface area contributed by atoms with E-state index in [1.54, 1.807) is 0 Å². The molecule has 0 saturated carbocycles. The van der Waals surface area contributed by atoms with E-state index in [-0.39, 0.29) is 11.9 Å². The van der Waals surface area contributed by atoms with Gasteiger partial charge in [0.25, 0.3) is 0 Å². The smallest absolute Gasteiger partial charge is 0.246 e. The fourth-order valence-corrected chi connectivity index (χ4v) is 3.04. The lowest BCUT2D eigenvalue weighted by Gasteiger charge is -2.39. The maximum absolute atomic E-state index is 12.6. The average molecular weight is 288 g/mol. The number of nitrogens with one attached hydrogen (secondary N) is 2. The van der Waals surface area contributed by atoms with Gasteiger partial charge in [0.2, 0.25) is 5.91 Å². The Labute approximate surface area is 126 Å². The summed E-state index contributed by atoms with van der Waals surface area (Å²) in [6, 6.07) is 8.43. The summed E-state index contributed by atoms with van der Waals surface area (Å²) < 4.78 is 0. The first-order valence-electron chi connectivity index (χ1n) is 7.77. The van der Waals surface area contributed by atoms with Gasteiger partial charge in [-0.2, -0.15) is 0 Å². The normalized spacial score (nSPS) is 22.4. The van der Waals surface area contributed by atoms with Gasteiger partial charge in [-0.15, -0.1) is 0 Å². The van der Waals surface area contributed by atoms with Crippen molar-refractivity contribution < 1.29 is 4.79 Å². The molecule has 2 aliphatic heterocycles. The molecule has 5 nitrogen and oxygen atoms in total. The van der Waals surface area contributed by atoms with E-state index in [1.807, 2.05) is 29.2 Å². The van der Waals surface area contributed by atoms with Crippen LogP contribution in [-0.2, 0) is 4.79 Å². The van der Waals surface area contributed by atoms with Crippen molar-refractivity contribution in [2.45, 2.75) is 25.9 Å². The summed E-state index contributed by atoms with van der Waals surface area (Å²) in [4.78, 5) is 17.1. The van der Waals surface area contributed by atoms with Crippen molar-refractivity contribution in [2.75, 3.05) is 43.4 Å². The first kappa shape index (κ1) is 14.2. The number of para-hydroxylation sites is 2. The number of rotatable bonds is 2. The summed E-state index contributed by atoms with van der Waals surface area (Å²) in [5.41, 5.74) is 2.09. The lowest BCUT2D eigenvalue weighted by atomic mass is 10.1. The number of nitrogens with zero attached hydrogens (tertiary/aromatic N) is 2. The Kier molecular flexibility index (Phi) is 4.01. The lowest BCUT2D eigenvalue weighted by molar-refractivity contribution is -0.133. The summed E-state index contributed by atoms with van der Waals surface area (Å²) in [6.45, 7) is 8.68. The third-order valence-electron chi connectivity index (χ3n) is 4.41. The van der Waals surface area contributed by atoms with Crippen molar-refractivity contribution in [1.29, 1.82) is 0 Å². The Bertz CT molecular complexity index is 509. The quantitative estimate of drug-likeness (QED) is 0.864. The van der Waals surface area contributed by atoms with Gasteiger partial charge >= 0.3 is 0 Å². The first-order valence-corrected chi connectivity index (χ1v) is 7.77. The molecule has 21 heavy (non-hydrogen) atoms. The van der Waals surface area contributed by atoms with Crippen LogP contribution in [-0.4, -0.2) is 60.5 Å². The molecule has 2 aliphatic rings. The molecule has 2 heterocycles. The molecule has 1 aromatic carbocycles. The van der Waals surface area contributed by atoms with Crippen molar-refractivity contribution in [3.63, 3.8) is 0 Å². The van der Waals surface area contributed by atoms with E-state index in [1.165, 1.54) is 0 Å². The molecule has 1 aromatic rings. The maximum atomic E-state index is 12.6. The highest BCUT2D eigenvalue weighted by atomic mass is 16.2. The van der Waals surface area contributed by atoms with Gasteiger partial charge < -0.3 is 15.5 Å². The number of hydrogen-bond acceptors (Lipinski definition) is 4. The van der Waals surface area contributed by atoms with Crippen LogP contribution in [0.15, 0.2) is 24.3 Å². The van der Waals surface area contributed by atoms with Gasteiger partial charge in [-0.05, 0) is 26.0 Å². The summed E-state index contributed by atoms with van der Waals surface area (Å²) in [7, 11) is 0. The zero-order valence-corrected chi connectivity index (χ0v) is 12.8. The topological polar surface area (TPSA) is 47.6 Å². The number of piperazine rings is 1. The Hall–Kier alpha value is -1.75. The molecule has 3 rings (SSSR count). The fourth-order valence-electron chi connectivity index (χ4n) is 3.04. The van der Waals surface area contributed by atoms with E-state index < -0.39 is 0 Å². The molecule has 1 saturated heterocycles. The summed E-state index contributed by atoms with van der Waals surface area (Å²) in [6.07, 6.45) is 0. The Morgan fingerprint density at radius 3 is 2.48 bits per heavy atom. The zero-order chi connectivity index (χ0) is 14.8. The van der Waals surface area contributed by atoms with Crippen molar-refractivity contribution in [1.82, 2.24) is 9.80 Å². The minimum atomic E-state index is -0.162. The second kappa shape index (κ2) is 5.93. The van der Waals surface area contributed by atoms with E-state index in [0.717, 1.165) is 37.6 Å². The van der Waals surface area contributed by atoms with Crippen LogP contribution in [0.5, 0.6) is 0 Å². The zero-order valence-electron chi connectivity index (χ0n) is 12.8. The second-order valence-corrected chi connectivity index (χ2v) is 6.08. The predicted octanol–water partition coefficient (Wildman–Crippen LogP) is 1.45. The Morgan fingerprint density at radius 2 is 1.81 bits per heavy atom. The van der Waals surface area contributed by atoms with Crippen LogP contribution in [0.4, 0.5) is 11.4 Å². The molecule has 2 N–H and O–H groups in total. The number of hydrogen-bond donors (Lipinski definition) is 2. The van der Waals surface area contributed by atoms with E-state index in [9.17, 15) is 4.79 Å². The molecule has 1 amide bonds. The van der Waals surface area contributed by atoms with E-state index >= 15 is 0 Å². The highest BCUT2D eigenvalue weighted by Gasteiger charge is 2.30. The number of carbonyl (C=O) groups is 1. The minimum absolute atomic E-state index is 0.162. The van der Waals surface area contributed by atoms with Gasteiger partial charge in [-0.1, -0.05) is 12.1 Å². The van der Waals surface area contributed by atoms with Gasteiger partial charge in [0.1, 0.15) is 6.04 Å². The molecule has 1 unspecified atom stereocenters. The fraction of sp³-hybridized carbons (Fsp3) is 0.562.